The number of aromatic nitrogens is 2. The Labute approximate surface area is 102 Å². The quantitative estimate of drug-likeness (QED) is 0.813. The zero-order chi connectivity index (χ0) is 11.8. The first-order valence-corrected chi connectivity index (χ1v) is 6.32. The average molecular weight is 233 g/mol. The van der Waals surface area contributed by atoms with E-state index in [2.05, 4.69) is 19.8 Å². The molecule has 0 unspecified atom stereocenters. The summed E-state index contributed by atoms with van der Waals surface area (Å²) < 4.78 is 0. The monoisotopic (exact) mass is 233 g/mol. The van der Waals surface area contributed by atoms with Crippen LogP contribution in [0.15, 0.2) is 6.07 Å². The minimum absolute atomic E-state index is 0.379. The Kier molecular flexibility index (Phi) is 2.63. The van der Waals surface area contributed by atoms with Gasteiger partial charge < -0.3 is 10.6 Å². The standard InChI is InChI=1S/C12H19N5/c1-9-8-11(15-12(13)14-9)17-6-4-16(5-7-17)10-2-3-10/h8,10H,2-7H2,1H3,(H2,13,14,15). The van der Waals surface area contributed by atoms with Crippen LogP contribution in [0.3, 0.4) is 0 Å². The van der Waals surface area contributed by atoms with Crippen LogP contribution in [0.2, 0.25) is 0 Å². The number of nitrogens with zero attached hydrogens (tertiary/aromatic N) is 4. The molecule has 1 aliphatic carbocycles. The largest absolute Gasteiger partial charge is 0.368 e. The molecule has 2 heterocycles. The highest BCUT2D eigenvalue weighted by atomic mass is 15.3. The smallest absolute Gasteiger partial charge is 0.222 e. The van der Waals surface area contributed by atoms with E-state index in [1.165, 1.54) is 12.8 Å². The van der Waals surface area contributed by atoms with Crippen LogP contribution in [-0.4, -0.2) is 47.1 Å². The summed E-state index contributed by atoms with van der Waals surface area (Å²) in [7, 11) is 0. The maximum absolute atomic E-state index is 5.69. The molecule has 3 rings (SSSR count). The molecule has 5 nitrogen and oxygen atoms in total. The molecule has 0 atom stereocenters. The van der Waals surface area contributed by atoms with Crippen LogP contribution in [0, 0.1) is 6.92 Å². The summed E-state index contributed by atoms with van der Waals surface area (Å²) in [6, 6.07) is 2.89. The number of hydrogen-bond acceptors (Lipinski definition) is 5. The minimum atomic E-state index is 0.379. The lowest BCUT2D eigenvalue weighted by atomic mass is 10.3. The fourth-order valence-electron chi connectivity index (χ4n) is 2.49. The van der Waals surface area contributed by atoms with Crippen LogP contribution in [-0.2, 0) is 0 Å². The number of nitrogens with two attached hydrogens (primary N) is 1. The molecule has 5 heteroatoms. The summed E-state index contributed by atoms with van der Waals surface area (Å²) in [4.78, 5) is 13.3. The Morgan fingerprint density at radius 2 is 1.88 bits per heavy atom. The predicted molar refractivity (Wildman–Crippen MR) is 68.0 cm³/mol. The molecule has 1 aromatic rings. The zero-order valence-electron chi connectivity index (χ0n) is 10.3. The number of aryl methyl sites for hydroxylation is 1. The van der Waals surface area contributed by atoms with Crippen LogP contribution in [0.4, 0.5) is 11.8 Å². The highest BCUT2D eigenvalue weighted by molar-refractivity contribution is 5.43. The van der Waals surface area contributed by atoms with E-state index in [1.807, 2.05) is 13.0 Å². The van der Waals surface area contributed by atoms with Crippen molar-refractivity contribution in [3.05, 3.63) is 11.8 Å². The average Bonchev–Trinajstić information content (AvgIpc) is 3.12. The molecular weight excluding hydrogens is 214 g/mol. The van der Waals surface area contributed by atoms with Crippen LogP contribution < -0.4 is 10.6 Å². The van der Waals surface area contributed by atoms with Gasteiger partial charge in [0.2, 0.25) is 5.95 Å². The SMILES string of the molecule is Cc1cc(N2CCN(C3CC3)CC2)nc(N)n1. The summed E-state index contributed by atoms with van der Waals surface area (Å²) in [5.74, 6) is 1.36. The fraction of sp³-hybridized carbons (Fsp3) is 0.667. The van der Waals surface area contributed by atoms with E-state index in [-0.39, 0.29) is 0 Å². The Bertz CT molecular complexity index is 387. The third-order valence-corrected chi connectivity index (χ3v) is 3.56. The van der Waals surface area contributed by atoms with E-state index in [9.17, 15) is 0 Å². The minimum Gasteiger partial charge on any atom is -0.368 e. The van der Waals surface area contributed by atoms with Gasteiger partial charge in [-0.1, -0.05) is 0 Å². The van der Waals surface area contributed by atoms with E-state index in [1.54, 1.807) is 0 Å². The Balaban J connectivity index is 1.68. The van der Waals surface area contributed by atoms with Crippen molar-refractivity contribution in [1.82, 2.24) is 14.9 Å². The van der Waals surface area contributed by atoms with Crippen molar-refractivity contribution in [1.29, 1.82) is 0 Å². The maximum Gasteiger partial charge on any atom is 0.222 e. The number of anilines is 2. The molecule has 17 heavy (non-hydrogen) atoms. The molecular formula is C12H19N5. The van der Waals surface area contributed by atoms with Crippen LogP contribution in [0.5, 0.6) is 0 Å². The predicted octanol–water partition coefficient (Wildman–Crippen LogP) is 0.652. The van der Waals surface area contributed by atoms with Gasteiger partial charge in [0.15, 0.2) is 0 Å². The summed E-state index contributed by atoms with van der Waals surface area (Å²) >= 11 is 0. The van der Waals surface area contributed by atoms with Crippen molar-refractivity contribution >= 4 is 11.8 Å². The second-order valence-electron chi connectivity index (χ2n) is 4.98. The topological polar surface area (TPSA) is 58.3 Å². The Morgan fingerprint density at radius 1 is 1.18 bits per heavy atom. The van der Waals surface area contributed by atoms with E-state index < -0.39 is 0 Å². The van der Waals surface area contributed by atoms with Gasteiger partial charge >= 0.3 is 0 Å². The summed E-state index contributed by atoms with van der Waals surface area (Å²) in [5, 5.41) is 0. The molecule has 92 valence electrons. The molecule has 1 saturated carbocycles. The molecule has 0 aromatic carbocycles. The van der Waals surface area contributed by atoms with Gasteiger partial charge in [-0.2, -0.15) is 4.98 Å². The second kappa shape index (κ2) is 4.14. The molecule has 2 N–H and O–H groups in total. The van der Waals surface area contributed by atoms with Crippen LogP contribution in [0.25, 0.3) is 0 Å². The first kappa shape index (κ1) is 10.8. The molecule has 2 fully saturated rings. The highest BCUT2D eigenvalue weighted by Gasteiger charge is 2.31. The lowest BCUT2D eigenvalue weighted by Gasteiger charge is -2.35. The van der Waals surface area contributed by atoms with Gasteiger partial charge in [0.25, 0.3) is 0 Å². The summed E-state index contributed by atoms with van der Waals surface area (Å²) in [6.07, 6.45) is 2.78. The number of piperazine rings is 1. The third kappa shape index (κ3) is 2.34. The van der Waals surface area contributed by atoms with E-state index >= 15 is 0 Å². The normalized spacial score (nSPS) is 21.8. The third-order valence-electron chi connectivity index (χ3n) is 3.56. The van der Waals surface area contributed by atoms with Crippen molar-refractivity contribution in [3.63, 3.8) is 0 Å². The summed E-state index contributed by atoms with van der Waals surface area (Å²) in [5.41, 5.74) is 6.63. The molecule has 0 radical (unpaired) electrons. The lowest BCUT2D eigenvalue weighted by molar-refractivity contribution is 0.247. The van der Waals surface area contributed by atoms with Crippen molar-refractivity contribution in [2.24, 2.45) is 0 Å². The zero-order valence-corrected chi connectivity index (χ0v) is 10.3. The number of hydrogen-bond donors (Lipinski definition) is 1. The van der Waals surface area contributed by atoms with Crippen molar-refractivity contribution in [3.8, 4) is 0 Å². The van der Waals surface area contributed by atoms with E-state index in [0.29, 0.717) is 5.95 Å². The van der Waals surface area contributed by atoms with Crippen LogP contribution >= 0.6 is 0 Å². The fourth-order valence-corrected chi connectivity index (χ4v) is 2.49. The van der Waals surface area contributed by atoms with Gasteiger partial charge in [-0.05, 0) is 19.8 Å². The van der Waals surface area contributed by atoms with Crippen molar-refractivity contribution < 1.29 is 0 Å². The molecule has 0 spiro atoms. The van der Waals surface area contributed by atoms with E-state index in [0.717, 1.165) is 43.7 Å². The first-order valence-electron chi connectivity index (χ1n) is 6.32. The van der Waals surface area contributed by atoms with Crippen LogP contribution in [0.1, 0.15) is 18.5 Å². The lowest BCUT2D eigenvalue weighted by Crippen LogP contribution is -2.47. The number of nitrogen functional groups attached to an aromatic ring is 1. The first-order chi connectivity index (χ1) is 8.22. The molecule has 2 aliphatic rings. The Morgan fingerprint density at radius 3 is 2.47 bits per heavy atom. The molecule has 1 aliphatic heterocycles. The molecule has 0 amide bonds. The van der Waals surface area contributed by atoms with Crippen molar-refractivity contribution in [2.45, 2.75) is 25.8 Å². The van der Waals surface area contributed by atoms with Gasteiger partial charge in [0.1, 0.15) is 5.82 Å². The maximum atomic E-state index is 5.69. The Hall–Kier alpha value is -1.36. The molecule has 1 saturated heterocycles. The van der Waals surface area contributed by atoms with Crippen molar-refractivity contribution in [2.75, 3.05) is 36.8 Å². The second-order valence-corrected chi connectivity index (χ2v) is 4.98. The van der Waals surface area contributed by atoms with E-state index in [4.69, 9.17) is 5.73 Å². The van der Waals surface area contributed by atoms with Gasteiger partial charge in [0, 0.05) is 44.0 Å². The van der Waals surface area contributed by atoms with Gasteiger partial charge in [-0.25, -0.2) is 4.98 Å². The summed E-state index contributed by atoms with van der Waals surface area (Å²) in [6.45, 7) is 6.35. The van der Waals surface area contributed by atoms with Gasteiger partial charge in [-0.3, -0.25) is 4.90 Å². The van der Waals surface area contributed by atoms with Gasteiger partial charge in [-0.15, -0.1) is 0 Å². The number of rotatable bonds is 2. The highest BCUT2D eigenvalue weighted by Crippen LogP contribution is 2.28. The molecule has 1 aromatic heterocycles. The molecule has 0 bridgehead atoms. The van der Waals surface area contributed by atoms with Gasteiger partial charge in [0.05, 0.1) is 0 Å².